The van der Waals surface area contributed by atoms with E-state index in [1.54, 1.807) is 37.3 Å². The third kappa shape index (κ3) is 8.40. The van der Waals surface area contributed by atoms with Gasteiger partial charge in [-0.25, -0.2) is 8.42 Å². The van der Waals surface area contributed by atoms with Gasteiger partial charge in [-0.1, -0.05) is 62.2 Å². The van der Waals surface area contributed by atoms with E-state index in [0.717, 1.165) is 22.5 Å². The van der Waals surface area contributed by atoms with Crippen molar-refractivity contribution in [2.24, 2.45) is 5.92 Å². The molecule has 0 aromatic heterocycles. The molecule has 0 fully saturated rings. The molecule has 0 saturated carbocycles. The average Bonchev–Trinajstić information content (AvgIpc) is 2.79. The van der Waals surface area contributed by atoms with E-state index in [4.69, 9.17) is 23.2 Å². The maximum atomic E-state index is 13.5. The van der Waals surface area contributed by atoms with Crippen LogP contribution >= 0.6 is 23.2 Å². The molecular formula is C25H33Cl2N3O4S. The van der Waals surface area contributed by atoms with E-state index in [9.17, 15) is 18.0 Å². The van der Waals surface area contributed by atoms with E-state index < -0.39 is 28.5 Å². The Balaban J connectivity index is 2.39. The molecule has 1 atom stereocenters. The van der Waals surface area contributed by atoms with Crippen LogP contribution in [0.2, 0.25) is 10.0 Å². The fraction of sp³-hybridized carbons (Fsp3) is 0.440. The molecule has 2 aromatic carbocycles. The highest BCUT2D eigenvalue weighted by Gasteiger charge is 2.30. The molecule has 35 heavy (non-hydrogen) atoms. The van der Waals surface area contributed by atoms with E-state index in [2.05, 4.69) is 5.32 Å². The highest BCUT2D eigenvalue weighted by Crippen LogP contribution is 2.24. The van der Waals surface area contributed by atoms with Crippen molar-refractivity contribution in [1.29, 1.82) is 0 Å². The number of hydrogen-bond donors (Lipinski definition) is 1. The number of aryl methyl sites for hydroxylation is 1. The molecule has 0 spiro atoms. The van der Waals surface area contributed by atoms with Crippen LogP contribution in [0.4, 0.5) is 5.69 Å². The quantitative estimate of drug-likeness (QED) is 0.453. The minimum absolute atomic E-state index is 0.0114. The van der Waals surface area contributed by atoms with E-state index in [-0.39, 0.29) is 18.4 Å². The zero-order valence-electron chi connectivity index (χ0n) is 20.7. The van der Waals surface area contributed by atoms with Crippen molar-refractivity contribution in [2.75, 3.05) is 23.7 Å². The SMILES string of the molecule is CCc1ccc(N(CC(=O)N(Cc2ccc(Cl)cc2Cl)[C@@H](C)C(=O)NCC(C)C)S(C)(=O)=O)cc1. The first kappa shape index (κ1) is 28.9. The van der Waals surface area contributed by atoms with Gasteiger partial charge in [-0.15, -0.1) is 0 Å². The van der Waals surface area contributed by atoms with Gasteiger partial charge in [-0.2, -0.15) is 0 Å². The molecule has 0 unspecified atom stereocenters. The summed E-state index contributed by atoms with van der Waals surface area (Å²) in [6.07, 6.45) is 1.85. The molecule has 2 rings (SSSR count). The maximum Gasteiger partial charge on any atom is 0.244 e. The van der Waals surface area contributed by atoms with E-state index >= 15 is 0 Å². The fourth-order valence-corrected chi connectivity index (χ4v) is 4.70. The Morgan fingerprint density at radius 1 is 1.03 bits per heavy atom. The Morgan fingerprint density at radius 3 is 2.17 bits per heavy atom. The third-order valence-corrected chi connectivity index (χ3v) is 7.25. The lowest BCUT2D eigenvalue weighted by Gasteiger charge is -2.32. The lowest BCUT2D eigenvalue weighted by molar-refractivity contribution is -0.139. The van der Waals surface area contributed by atoms with Crippen LogP contribution in [0.1, 0.15) is 38.8 Å². The number of carbonyl (C=O) groups excluding carboxylic acids is 2. The second-order valence-electron chi connectivity index (χ2n) is 8.86. The Hall–Kier alpha value is -2.29. The zero-order chi connectivity index (χ0) is 26.3. The Morgan fingerprint density at radius 2 is 1.66 bits per heavy atom. The minimum Gasteiger partial charge on any atom is -0.354 e. The summed E-state index contributed by atoms with van der Waals surface area (Å²) in [4.78, 5) is 27.7. The van der Waals surface area contributed by atoms with Gasteiger partial charge in [0.15, 0.2) is 0 Å². The Bertz CT molecular complexity index is 1140. The smallest absolute Gasteiger partial charge is 0.244 e. The molecule has 0 heterocycles. The molecule has 0 saturated heterocycles. The van der Waals surface area contributed by atoms with Gasteiger partial charge in [0.1, 0.15) is 12.6 Å². The Kier molecular flexibility index (Phi) is 10.4. The molecule has 0 aliphatic rings. The van der Waals surface area contributed by atoms with Gasteiger partial charge >= 0.3 is 0 Å². The Labute approximate surface area is 218 Å². The summed E-state index contributed by atoms with van der Waals surface area (Å²) in [7, 11) is -3.78. The summed E-state index contributed by atoms with van der Waals surface area (Å²) in [5, 5.41) is 3.63. The predicted octanol–water partition coefficient (Wildman–Crippen LogP) is 4.51. The summed E-state index contributed by atoms with van der Waals surface area (Å²) >= 11 is 12.3. The van der Waals surface area contributed by atoms with Gasteiger partial charge in [0.2, 0.25) is 21.8 Å². The number of halogens is 2. The number of nitrogens with one attached hydrogen (secondary N) is 1. The molecule has 0 aliphatic carbocycles. The molecule has 192 valence electrons. The number of sulfonamides is 1. The number of benzene rings is 2. The maximum absolute atomic E-state index is 13.5. The van der Waals surface area contributed by atoms with Crippen molar-refractivity contribution in [1.82, 2.24) is 10.2 Å². The molecule has 0 aliphatic heterocycles. The van der Waals surface area contributed by atoms with Crippen LogP contribution in [0.5, 0.6) is 0 Å². The first-order chi connectivity index (χ1) is 16.3. The summed E-state index contributed by atoms with van der Waals surface area (Å²) in [6.45, 7) is 7.54. The van der Waals surface area contributed by atoms with Crippen molar-refractivity contribution < 1.29 is 18.0 Å². The van der Waals surface area contributed by atoms with Crippen LogP contribution in [0.25, 0.3) is 0 Å². The van der Waals surface area contributed by atoms with Crippen molar-refractivity contribution in [3.8, 4) is 0 Å². The number of amides is 2. The molecule has 0 radical (unpaired) electrons. The highest BCUT2D eigenvalue weighted by atomic mass is 35.5. The number of anilines is 1. The van der Waals surface area contributed by atoms with E-state index in [1.807, 2.05) is 32.9 Å². The largest absolute Gasteiger partial charge is 0.354 e. The van der Waals surface area contributed by atoms with Crippen LogP contribution in [0.15, 0.2) is 42.5 Å². The molecule has 2 amide bonds. The van der Waals surface area contributed by atoms with E-state index in [0.29, 0.717) is 27.8 Å². The average molecular weight is 543 g/mol. The van der Waals surface area contributed by atoms with Gasteiger partial charge in [0, 0.05) is 23.1 Å². The van der Waals surface area contributed by atoms with Crippen molar-refractivity contribution in [2.45, 2.75) is 46.7 Å². The van der Waals surface area contributed by atoms with Crippen molar-refractivity contribution in [3.05, 3.63) is 63.6 Å². The summed E-state index contributed by atoms with van der Waals surface area (Å²) in [5.41, 5.74) is 2.01. The molecule has 7 nitrogen and oxygen atoms in total. The van der Waals surface area contributed by atoms with Gasteiger partial charge in [-0.3, -0.25) is 13.9 Å². The number of rotatable bonds is 11. The summed E-state index contributed by atoms with van der Waals surface area (Å²) < 4.78 is 26.3. The third-order valence-electron chi connectivity index (χ3n) is 5.52. The number of hydrogen-bond acceptors (Lipinski definition) is 4. The second kappa shape index (κ2) is 12.6. The summed E-state index contributed by atoms with van der Waals surface area (Å²) in [5.74, 6) is -0.642. The van der Waals surface area contributed by atoms with Gasteiger partial charge < -0.3 is 10.2 Å². The standard InChI is InChI=1S/C25H33Cl2N3O4S/c1-6-19-7-11-22(12-8-19)30(35(5,33)34)16-24(31)29(18(4)25(32)28-14-17(2)3)15-20-9-10-21(26)13-23(20)27/h7-13,17-18H,6,14-16H2,1-5H3,(H,28,32)/t18-/m0/s1. The van der Waals surface area contributed by atoms with Crippen molar-refractivity contribution in [3.63, 3.8) is 0 Å². The van der Waals surface area contributed by atoms with Crippen LogP contribution in [-0.4, -0.2) is 50.5 Å². The zero-order valence-corrected chi connectivity index (χ0v) is 23.0. The summed E-state index contributed by atoms with van der Waals surface area (Å²) in [6, 6.07) is 11.0. The van der Waals surface area contributed by atoms with Crippen LogP contribution in [0.3, 0.4) is 0 Å². The van der Waals surface area contributed by atoms with Crippen molar-refractivity contribution >= 4 is 50.7 Å². The second-order valence-corrected chi connectivity index (χ2v) is 11.6. The van der Waals surface area contributed by atoms with Gasteiger partial charge in [-0.05, 0) is 54.7 Å². The lowest BCUT2D eigenvalue weighted by Crippen LogP contribution is -2.51. The number of nitrogens with zero attached hydrogens (tertiary/aromatic N) is 2. The number of carbonyl (C=O) groups is 2. The van der Waals surface area contributed by atoms with Crippen LogP contribution < -0.4 is 9.62 Å². The molecule has 0 bridgehead atoms. The van der Waals surface area contributed by atoms with Gasteiger partial charge in [0.25, 0.3) is 0 Å². The first-order valence-corrected chi connectivity index (χ1v) is 14.0. The predicted molar refractivity (Wildman–Crippen MR) is 142 cm³/mol. The topological polar surface area (TPSA) is 86.8 Å². The molecule has 2 aromatic rings. The monoisotopic (exact) mass is 541 g/mol. The first-order valence-electron chi connectivity index (χ1n) is 11.4. The molecular weight excluding hydrogens is 509 g/mol. The molecule has 1 N–H and O–H groups in total. The van der Waals surface area contributed by atoms with Gasteiger partial charge in [0.05, 0.1) is 11.9 Å². The lowest BCUT2D eigenvalue weighted by atomic mass is 10.1. The van der Waals surface area contributed by atoms with Crippen LogP contribution in [0, 0.1) is 5.92 Å². The fourth-order valence-electron chi connectivity index (χ4n) is 3.38. The van der Waals surface area contributed by atoms with E-state index in [1.165, 1.54) is 4.90 Å². The normalized spacial score (nSPS) is 12.3. The molecule has 10 heteroatoms. The minimum atomic E-state index is -3.78. The highest BCUT2D eigenvalue weighted by molar-refractivity contribution is 7.92. The van der Waals surface area contributed by atoms with Crippen LogP contribution in [-0.2, 0) is 32.6 Å².